The molecular formula is C13H13BrN4O5. The van der Waals surface area contributed by atoms with E-state index in [9.17, 15) is 10.1 Å². The minimum absolute atomic E-state index is 0.102. The third kappa shape index (κ3) is 4.03. The van der Waals surface area contributed by atoms with Gasteiger partial charge in [-0.25, -0.2) is 4.98 Å². The first-order valence-corrected chi connectivity index (χ1v) is 7.47. The summed E-state index contributed by atoms with van der Waals surface area (Å²) >= 11 is 3.28. The summed E-state index contributed by atoms with van der Waals surface area (Å²) in [4.78, 5) is 23.0. The van der Waals surface area contributed by atoms with E-state index < -0.39 is 5.09 Å². The number of nitro groups is 1. The van der Waals surface area contributed by atoms with E-state index in [1.807, 2.05) is 24.7 Å². The van der Waals surface area contributed by atoms with Crippen molar-refractivity contribution < 1.29 is 15.2 Å². The van der Waals surface area contributed by atoms with Crippen LogP contribution in [-0.2, 0) is 6.42 Å². The molecule has 9 nitrogen and oxygen atoms in total. The quantitative estimate of drug-likeness (QED) is 0.626. The lowest BCUT2D eigenvalue weighted by Gasteiger charge is -2.26. The van der Waals surface area contributed by atoms with Crippen LogP contribution in [-0.4, -0.2) is 24.8 Å². The number of hydrogen-bond acceptors (Lipinski definition) is 5. The standard InChI is InChI=1S/C13H12BrN3O2.HNO3/c14-11-6-9(4-5-13(11)17(18)19)12-3-1-2-10-7-15-8-16(10)12;2-1(3)4/h4-8,12H,1-3H2;(H,2,3,4). The van der Waals surface area contributed by atoms with Gasteiger partial charge in [-0.15, -0.1) is 10.1 Å². The summed E-state index contributed by atoms with van der Waals surface area (Å²) < 4.78 is 2.69. The number of imidazole rings is 1. The second kappa shape index (κ2) is 7.18. The van der Waals surface area contributed by atoms with Crippen molar-refractivity contribution in [3.63, 3.8) is 0 Å². The van der Waals surface area contributed by atoms with E-state index >= 15 is 0 Å². The van der Waals surface area contributed by atoms with Crippen LogP contribution < -0.4 is 0 Å². The smallest absolute Gasteiger partial charge is 0.291 e. The van der Waals surface area contributed by atoms with Gasteiger partial charge in [-0.05, 0) is 46.8 Å². The molecular weight excluding hydrogens is 372 g/mol. The first kappa shape index (κ1) is 16.9. The maximum absolute atomic E-state index is 10.8. The van der Waals surface area contributed by atoms with E-state index in [1.165, 1.54) is 5.69 Å². The van der Waals surface area contributed by atoms with Crippen LogP contribution in [0.25, 0.3) is 0 Å². The molecule has 122 valence electrons. The van der Waals surface area contributed by atoms with Crippen molar-refractivity contribution in [3.8, 4) is 0 Å². The van der Waals surface area contributed by atoms with Crippen LogP contribution in [0, 0.1) is 20.2 Å². The van der Waals surface area contributed by atoms with E-state index in [2.05, 4.69) is 25.5 Å². The maximum atomic E-state index is 10.8. The summed E-state index contributed by atoms with van der Waals surface area (Å²) in [5.41, 5.74) is 2.41. The lowest BCUT2D eigenvalue weighted by Crippen LogP contribution is -2.17. The number of fused-ring (bicyclic) bond motifs is 1. The second-order valence-corrected chi connectivity index (χ2v) is 5.76. The topological polar surface area (TPSA) is 124 Å². The Hall–Kier alpha value is -2.49. The Labute approximate surface area is 139 Å². The number of nitrogens with zero attached hydrogens (tertiary/aromatic N) is 4. The van der Waals surface area contributed by atoms with Crippen LogP contribution in [0.1, 0.15) is 30.1 Å². The van der Waals surface area contributed by atoms with Crippen LogP contribution in [0.4, 0.5) is 5.69 Å². The molecule has 3 rings (SSSR count). The van der Waals surface area contributed by atoms with Crippen LogP contribution in [0.5, 0.6) is 0 Å². The summed E-state index contributed by atoms with van der Waals surface area (Å²) in [6.45, 7) is 0. The molecule has 2 aromatic rings. The minimum atomic E-state index is -1.50. The van der Waals surface area contributed by atoms with Gasteiger partial charge in [-0.3, -0.25) is 10.1 Å². The van der Waals surface area contributed by atoms with Crippen molar-refractivity contribution >= 4 is 21.6 Å². The molecule has 10 heteroatoms. The summed E-state index contributed by atoms with van der Waals surface area (Å²) in [7, 11) is 0. The third-order valence-electron chi connectivity index (χ3n) is 3.55. The molecule has 1 aromatic carbocycles. The van der Waals surface area contributed by atoms with Crippen molar-refractivity contribution in [2.24, 2.45) is 0 Å². The van der Waals surface area contributed by atoms with E-state index in [0.29, 0.717) is 4.47 Å². The van der Waals surface area contributed by atoms with E-state index in [0.717, 1.165) is 24.8 Å². The van der Waals surface area contributed by atoms with Gasteiger partial charge < -0.3 is 9.77 Å². The Kier molecular flexibility index (Phi) is 5.27. The lowest BCUT2D eigenvalue weighted by molar-refractivity contribution is -0.742. The molecule has 0 aliphatic carbocycles. The summed E-state index contributed by atoms with van der Waals surface area (Å²) in [5.74, 6) is 0. The zero-order valence-corrected chi connectivity index (χ0v) is 13.4. The number of aromatic nitrogens is 2. The van der Waals surface area contributed by atoms with Crippen LogP contribution >= 0.6 is 15.9 Å². The third-order valence-corrected chi connectivity index (χ3v) is 4.18. The van der Waals surface area contributed by atoms with Gasteiger partial charge in [-0.2, -0.15) is 0 Å². The van der Waals surface area contributed by atoms with Gasteiger partial charge in [0.05, 0.1) is 21.8 Å². The van der Waals surface area contributed by atoms with E-state index in [1.54, 1.807) is 6.07 Å². The molecule has 0 radical (unpaired) electrons. The monoisotopic (exact) mass is 384 g/mol. The van der Waals surface area contributed by atoms with E-state index in [4.69, 9.17) is 15.3 Å². The van der Waals surface area contributed by atoms with Gasteiger partial charge in [-0.1, -0.05) is 6.07 Å². The summed E-state index contributed by atoms with van der Waals surface area (Å²) in [6.07, 6.45) is 6.93. The summed E-state index contributed by atoms with van der Waals surface area (Å²) in [6, 6.07) is 5.47. The molecule has 0 amide bonds. The Morgan fingerprint density at radius 2 is 2.04 bits per heavy atom. The van der Waals surface area contributed by atoms with Gasteiger partial charge in [0.1, 0.15) is 0 Å². The fraction of sp³-hybridized carbons (Fsp3) is 0.308. The molecule has 0 fully saturated rings. The largest absolute Gasteiger partial charge is 0.328 e. The normalized spacial score (nSPS) is 16.0. The molecule has 23 heavy (non-hydrogen) atoms. The van der Waals surface area contributed by atoms with Crippen molar-refractivity contribution in [1.82, 2.24) is 9.55 Å². The molecule has 0 bridgehead atoms. The fourth-order valence-electron chi connectivity index (χ4n) is 2.63. The number of halogens is 1. The highest BCUT2D eigenvalue weighted by Crippen LogP contribution is 2.34. The summed E-state index contributed by atoms with van der Waals surface area (Å²) in [5, 5.41) is 24.5. The molecule has 1 N–H and O–H groups in total. The first-order valence-electron chi connectivity index (χ1n) is 6.68. The molecule has 2 heterocycles. The Morgan fingerprint density at radius 1 is 1.35 bits per heavy atom. The molecule has 0 saturated heterocycles. The molecule has 1 aromatic heterocycles. The average Bonchev–Trinajstić information content (AvgIpc) is 2.94. The fourth-order valence-corrected chi connectivity index (χ4v) is 3.17. The van der Waals surface area contributed by atoms with Crippen molar-refractivity contribution in [2.75, 3.05) is 0 Å². The molecule has 0 saturated carbocycles. The predicted octanol–water partition coefficient (Wildman–Crippen LogP) is 3.13. The molecule has 1 atom stereocenters. The number of rotatable bonds is 2. The lowest BCUT2D eigenvalue weighted by atomic mass is 9.96. The van der Waals surface area contributed by atoms with Gasteiger partial charge in [0.25, 0.3) is 10.8 Å². The zero-order valence-electron chi connectivity index (χ0n) is 11.8. The molecule has 1 aliphatic heterocycles. The number of nitro benzene ring substituents is 1. The van der Waals surface area contributed by atoms with Gasteiger partial charge in [0, 0.05) is 18.0 Å². The number of benzene rings is 1. The highest BCUT2D eigenvalue weighted by molar-refractivity contribution is 9.10. The Balaban J connectivity index is 0.000000433. The highest BCUT2D eigenvalue weighted by atomic mass is 79.9. The van der Waals surface area contributed by atoms with Crippen molar-refractivity contribution in [1.29, 1.82) is 0 Å². The highest BCUT2D eigenvalue weighted by Gasteiger charge is 2.22. The van der Waals surface area contributed by atoms with Crippen LogP contribution in [0.2, 0.25) is 0 Å². The van der Waals surface area contributed by atoms with Gasteiger partial charge in [0.2, 0.25) is 0 Å². The average molecular weight is 385 g/mol. The van der Waals surface area contributed by atoms with Crippen molar-refractivity contribution in [2.45, 2.75) is 25.3 Å². The Bertz CT molecular complexity index is 729. The first-order chi connectivity index (χ1) is 10.9. The van der Waals surface area contributed by atoms with Crippen molar-refractivity contribution in [3.05, 3.63) is 66.7 Å². The van der Waals surface area contributed by atoms with Crippen LogP contribution in [0.3, 0.4) is 0 Å². The van der Waals surface area contributed by atoms with Crippen LogP contribution in [0.15, 0.2) is 35.2 Å². The Morgan fingerprint density at radius 3 is 2.65 bits per heavy atom. The predicted molar refractivity (Wildman–Crippen MR) is 82.9 cm³/mol. The molecule has 1 aliphatic rings. The zero-order chi connectivity index (χ0) is 17.0. The number of aryl methyl sites for hydroxylation is 1. The number of hydrogen-bond donors (Lipinski definition) is 1. The second-order valence-electron chi connectivity index (χ2n) is 4.91. The SMILES string of the molecule is O=[N+]([O-])O.O=[N+]([O-])c1ccc(C2CCCc3cncn32)cc1Br. The maximum Gasteiger partial charge on any atom is 0.291 e. The van der Waals surface area contributed by atoms with E-state index in [-0.39, 0.29) is 16.7 Å². The van der Waals surface area contributed by atoms with Gasteiger partial charge in [0.15, 0.2) is 0 Å². The van der Waals surface area contributed by atoms with Gasteiger partial charge >= 0.3 is 0 Å². The molecule has 1 unspecified atom stereocenters. The minimum Gasteiger partial charge on any atom is -0.328 e. The molecule has 0 spiro atoms.